The van der Waals surface area contributed by atoms with Crippen molar-refractivity contribution < 1.29 is 9.05 Å². The summed E-state index contributed by atoms with van der Waals surface area (Å²) in [5.41, 5.74) is 2.05. The van der Waals surface area contributed by atoms with Crippen LogP contribution in [0.2, 0.25) is 0 Å². The highest BCUT2D eigenvalue weighted by atomic mass is 16.5. The van der Waals surface area contributed by atoms with E-state index in [0.717, 1.165) is 36.5 Å². The van der Waals surface area contributed by atoms with E-state index in [2.05, 4.69) is 25.1 Å². The molecule has 2 heterocycles. The van der Waals surface area contributed by atoms with Crippen molar-refractivity contribution >= 4 is 0 Å². The summed E-state index contributed by atoms with van der Waals surface area (Å²) in [6, 6.07) is 0. The SMILES string of the molecule is Cc1noc(C)c1CNCCc1ncon1. The number of nitrogens with one attached hydrogen (secondary N) is 1. The van der Waals surface area contributed by atoms with Crippen molar-refractivity contribution in [3.8, 4) is 0 Å². The van der Waals surface area contributed by atoms with Crippen molar-refractivity contribution in [3.05, 3.63) is 29.2 Å². The summed E-state index contributed by atoms with van der Waals surface area (Å²) < 4.78 is 9.71. The van der Waals surface area contributed by atoms with Gasteiger partial charge < -0.3 is 14.4 Å². The molecule has 0 spiro atoms. The number of hydrogen-bond acceptors (Lipinski definition) is 6. The van der Waals surface area contributed by atoms with Crippen molar-refractivity contribution in [2.75, 3.05) is 6.54 Å². The fourth-order valence-corrected chi connectivity index (χ4v) is 1.47. The van der Waals surface area contributed by atoms with Crippen LogP contribution in [0.3, 0.4) is 0 Å². The Labute approximate surface area is 93.0 Å². The van der Waals surface area contributed by atoms with E-state index in [-0.39, 0.29) is 0 Å². The van der Waals surface area contributed by atoms with E-state index in [0.29, 0.717) is 5.82 Å². The summed E-state index contributed by atoms with van der Waals surface area (Å²) in [5.74, 6) is 1.58. The van der Waals surface area contributed by atoms with Gasteiger partial charge in [0.1, 0.15) is 5.76 Å². The Morgan fingerprint density at radius 2 is 2.19 bits per heavy atom. The van der Waals surface area contributed by atoms with E-state index in [1.54, 1.807) is 0 Å². The van der Waals surface area contributed by atoms with Crippen molar-refractivity contribution in [1.82, 2.24) is 20.6 Å². The number of rotatable bonds is 5. The molecule has 0 aliphatic carbocycles. The highest BCUT2D eigenvalue weighted by Gasteiger charge is 2.07. The highest BCUT2D eigenvalue weighted by Crippen LogP contribution is 2.11. The summed E-state index contributed by atoms with van der Waals surface area (Å²) in [7, 11) is 0. The second-order valence-corrected chi connectivity index (χ2v) is 3.58. The number of hydrogen-bond donors (Lipinski definition) is 1. The summed E-state index contributed by atoms with van der Waals surface area (Å²) in [4.78, 5) is 3.94. The summed E-state index contributed by atoms with van der Waals surface area (Å²) >= 11 is 0. The molecule has 0 fully saturated rings. The molecular weight excluding hydrogens is 208 g/mol. The van der Waals surface area contributed by atoms with Crippen LogP contribution in [0.5, 0.6) is 0 Å². The van der Waals surface area contributed by atoms with Gasteiger partial charge >= 0.3 is 0 Å². The molecule has 0 saturated carbocycles. The van der Waals surface area contributed by atoms with E-state index in [1.165, 1.54) is 6.39 Å². The monoisotopic (exact) mass is 222 g/mol. The molecule has 0 unspecified atom stereocenters. The van der Waals surface area contributed by atoms with Crippen molar-refractivity contribution in [2.24, 2.45) is 0 Å². The van der Waals surface area contributed by atoms with Crippen LogP contribution in [0.25, 0.3) is 0 Å². The largest absolute Gasteiger partial charge is 0.361 e. The van der Waals surface area contributed by atoms with Crippen molar-refractivity contribution in [3.63, 3.8) is 0 Å². The minimum Gasteiger partial charge on any atom is -0.361 e. The Bertz CT molecular complexity index is 416. The van der Waals surface area contributed by atoms with Crippen LogP contribution in [-0.4, -0.2) is 21.8 Å². The van der Waals surface area contributed by atoms with Crippen molar-refractivity contribution in [2.45, 2.75) is 26.8 Å². The molecule has 0 radical (unpaired) electrons. The zero-order chi connectivity index (χ0) is 11.4. The van der Waals surface area contributed by atoms with Gasteiger partial charge in [-0.05, 0) is 13.8 Å². The third-order valence-corrected chi connectivity index (χ3v) is 2.42. The quantitative estimate of drug-likeness (QED) is 0.761. The predicted molar refractivity (Wildman–Crippen MR) is 55.7 cm³/mol. The molecule has 0 atom stereocenters. The fourth-order valence-electron chi connectivity index (χ4n) is 1.47. The minimum absolute atomic E-state index is 0.714. The van der Waals surface area contributed by atoms with E-state index in [9.17, 15) is 0 Å². The van der Waals surface area contributed by atoms with Crippen LogP contribution in [0.1, 0.15) is 22.8 Å². The molecule has 0 aliphatic heterocycles. The van der Waals surface area contributed by atoms with Gasteiger partial charge in [0.25, 0.3) is 0 Å². The van der Waals surface area contributed by atoms with Gasteiger partial charge in [-0.3, -0.25) is 0 Å². The molecular formula is C10H14N4O2. The standard InChI is InChI=1S/C10H14N4O2/c1-7-9(8(2)16-13-7)5-11-4-3-10-12-6-15-14-10/h6,11H,3-5H2,1-2H3. The molecule has 0 aromatic carbocycles. The lowest BCUT2D eigenvalue weighted by atomic mass is 10.2. The van der Waals surface area contributed by atoms with Gasteiger partial charge in [0.2, 0.25) is 6.39 Å². The average Bonchev–Trinajstić information content (AvgIpc) is 2.87. The molecule has 6 nitrogen and oxygen atoms in total. The third-order valence-electron chi connectivity index (χ3n) is 2.42. The molecule has 2 aromatic heterocycles. The topological polar surface area (TPSA) is 77.0 Å². The van der Waals surface area contributed by atoms with Crippen LogP contribution in [-0.2, 0) is 13.0 Å². The molecule has 0 saturated heterocycles. The summed E-state index contributed by atoms with van der Waals surface area (Å²) in [5, 5.41) is 10.9. The van der Waals surface area contributed by atoms with Gasteiger partial charge in [0.05, 0.1) is 5.69 Å². The highest BCUT2D eigenvalue weighted by molar-refractivity contribution is 5.20. The fraction of sp³-hybridized carbons (Fsp3) is 0.500. The molecule has 16 heavy (non-hydrogen) atoms. The smallest absolute Gasteiger partial charge is 0.213 e. The van der Waals surface area contributed by atoms with E-state index in [1.807, 2.05) is 13.8 Å². The van der Waals surface area contributed by atoms with Crippen LogP contribution >= 0.6 is 0 Å². The van der Waals surface area contributed by atoms with Crippen LogP contribution < -0.4 is 5.32 Å². The van der Waals surface area contributed by atoms with E-state index >= 15 is 0 Å². The first kappa shape index (κ1) is 10.8. The zero-order valence-electron chi connectivity index (χ0n) is 9.36. The maximum atomic E-state index is 5.07. The average molecular weight is 222 g/mol. The van der Waals surface area contributed by atoms with E-state index in [4.69, 9.17) is 4.52 Å². The molecule has 0 amide bonds. The van der Waals surface area contributed by atoms with Crippen molar-refractivity contribution in [1.29, 1.82) is 0 Å². The lowest BCUT2D eigenvalue weighted by Crippen LogP contribution is -2.17. The Morgan fingerprint density at radius 3 is 2.81 bits per heavy atom. The maximum absolute atomic E-state index is 5.07. The van der Waals surface area contributed by atoms with Gasteiger partial charge in [-0.1, -0.05) is 10.3 Å². The molecule has 2 rings (SSSR count). The third kappa shape index (κ3) is 2.46. The van der Waals surface area contributed by atoms with Crippen LogP contribution in [0.15, 0.2) is 15.4 Å². The minimum atomic E-state index is 0.714. The molecule has 86 valence electrons. The maximum Gasteiger partial charge on any atom is 0.213 e. The molecule has 2 aromatic rings. The van der Waals surface area contributed by atoms with Crippen LogP contribution in [0.4, 0.5) is 0 Å². The lowest BCUT2D eigenvalue weighted by molar-refractivity contribution is 0.391. The zero-order valence-corrected chi connectivity index (χ0v) is 9.36. The summed E-state index contributed by atoms with van der Waals surface area (Å²) in [6.45, 7) is 5.39. The number of aryl methyl sites for hydroxylation is 2. The molecule has 6 heteroatoms. The summed E-state index contributed by atoms with van der Waals surface area (Å²) in [6.07, 6.45) is 2.09. The van der Waals surface area contributed by atoms with Gasteiger partial charge in [-0.15, -0.1) is 0 Å². The predicted octanol–water partition coefficient (Wildman–Crippen LogP) is 1.01. The Balaban J connectivity index is 1.76. The Morgan fingerprint density at radius 1 is 1.31 bits per heavy atom. The first-order chi connectivity index (χ1) is 7.77. The van der Waals surface area contributed by atoms with Crippen LogP contribution in [0, 0.1) is 13.8 Å². The van der Waals surface area contributed by atoms with Gasteiger partial charge in [-0.2, -0.15) is 4.98 Å². The first-order valence-electron chi connectivity index (χ1n) is 5.15. The number of aromatic nitrogens is 3. The first-order valence-corrected chi connectivity index (χ1v) is 5.15. The van der Waals surface area contributed by atoms with Gasteiger partial charge in [0.15, 0.2) is 5.82 Å². The molecule has 1 N–H and O–H groups in total. The molecule has 0 bridgehead atoms. The Hall–Kier alpha value is -1.69. The Kier molecular flexibility index (Phi) is 3.31. The van der Waals surface area contributed by atoms with Gasteiger partial charge in [-0.25, -0.2) is 0 Å². The van der Waals surface area contributed by atoms with Gasteiger partial charge in [0, 0.05) is 25.1 Å². The lowest BCUT2D eigenvalue weighted by Gasteiger charge is -2.01. The van der Waals surface area contributed by atoms with E-state index < -0.39 is 0 Å². The number of nitrogens with zero attached hydrogens (tertiary/aromatic N) is 3. The normalized spacial score (nSPS) is 10.9. The second kappa shape index (κ2) is 4.89. The second-order valence-electron chi connectivity index (χ2n) is 3.58. The molecule has 0 aliphatic rings.